The van der Waals surface area contributed by atoms with Crippen molar-refractivity contribution in [3.8, 4) is 11.5 Å². The summed E-state index contributed by atoms with van der Waals surface area (Å²) in [6.45, 7) is 5.99. The first-order valence-corrected chi connectivity index (χ1v) is 7.16. The van der Waals surface area contributed by atoms with Crippen LogP contribution in [0.1, 0.15) is 32.7 Å². The van der Waals surface area contributed by atoms with Crippen LogP contribution < -0.4 is 0 Å². The van der Waals surface area contributed by atoms with E-state index >= 15 is 0 Å². The van der Waals surface area contributed by atoms with Gasteiger partial charge in [0.05, 0.1) is 11.6 Å². The van der Waals surface area contributed by atoms with Crippen molar-refractivity contribution in [2.75, 3.05) is 13.6 Å². The van der Waals surface area contributed by atoms with Crippen LogP contribution in [-0.2, 0) is 0 Å². The average Bonchev–Trinajstić information content (AvgIpc) is 2.85. The minimum atomic E-state index is -0.779. The smallest absolute Gasteiger partial charge is 0.247 e. The molecule has 21 heavy (non-hydrogen) atoms. The Morgan fingerprint density at radius 1 is 1.38 bits per heavy atom. The molecule has 0 amide bonds. The fraction of sp³-hybridized carbons (Fsp3) is 0.467. The second kappa shape index (κ2) is 6.13. The lowest BCUT2D eigenvalue weighted by Crippen LogP contribution is -2.37. The van der Waals surface area contributed by atoms with Gasteiger partial charge in [-0.25, -0.2) is 0 Å². The maximum atomic E-state index is 9.87. The Balaban J connectivity index is 2.16. The van der Waals surface area contributed by atoms with Gasteiger partial charge >= 0.3 is 0 Å². The number of hydrogen-bond acceptors (Lipinski definition) is 5. The molecule has 0 bridgehead atoms. The molecular weight excluding hydrogens is 290 g/mol. The van der Waals surface area contributed by atoms with Crippen molar-refractivity contribution in [1.82, 2.24) is 15.1 Å². The number of likely N-dealkylation sites (N-methyl/N-ethyl adjacent to an activating group) is 1. The van der Waals surface area contributed by atoms with E-state index in [0.29, 0.717) is 23.3 Å². The summed E-state index contributed by atoms with van der Waals surface area (Å²) in [5.74, 6) is 0.952. The van der Waals surface area contributed by atoms with Gasteiger partial charge in [0.1, 0.15) is 0 Å². The van der Waals surface area contributed by atoms with Crippen LogP contribution in [0.5, 0.6) is 0 Å². The molecule has 1 unspecified atom stereocenters. The predicted octanol–water partition coefficient (Wildman–Crippen LogP) is 3.15. The molecule has 0 saturated carbocycles. The fourth-order valence-corrected chi connectivity index (χ4v) is 2.27. The van der Waals surface area contributed by atoms with Gasteiger partial charge in [-0.3, -0.25) is 4.90 Å². The molecule has 2 aromatic rings. The topological polar surface area (TPSA) is 62.4 Å². The molecule has 0 aliphatic heterocycles. The monoisotopic (exact) mass is 309 g/mol. The maximum Gasteiger partial charge on any atom is 0.247 e. The molecule has 1 heterocycles. The molecule has 0 saturated heterocycles. The third-order valence-corrected chi connectivity index (χ3v) is 3.40. The summed E-state index contributed by atoms with van der Waals surface area (Å²) in [4.78, 5) is 1.97. The van der Waals surface area contributed by atoms with Crippen molar-refractivity contribution in [3.05, 3.63) is 35.2 Å². The molecule has 5 nitrogen and oxygen atoms in total. The summed E-state index contributed by atoms with van der Waals surface area (Å²) < 4.78 is 5.72. The molecule has 1 aromatic carbocycles. The van der Waals surface area contributed by atoms with Crippen LogP contribution in [0.25, 0.3) is 11.5 Å². The van der Waals surface area contributed by atoms with Gasteiger partial charge in [0.25, 0.3) is 0 Å². The summed E-state index contributed by atoms with van der Waals surface area (Å²) in [6, 6.07) is 7.20. The second-order valence-corrected chi connectivity index (χ2v) is 6.30. The minimum absolute atomic E-state index is 0.0862. The Kier molecular flexibility index (Phi) is 4.66. The van der Waals surface area contributed by atoms with Crippen molar-refractivity contribution in [2.45, 2.75) is 32.4 Å². The first-order chi connectivity index (χ1) is 9.76. The Morgan fingerprint density at radius 3 is 2.71 bits per heavy atom. The van der Waals surface area contributed by atoms with E-state index < -0.39 is 5.60 Å². The predicted molar refractivity (Wildman–Crippen MR) is 82.1 cm³/mol. The highest BCUT2D eigenvalue weighted by Gasteiger charge is 2.24. The number of aromatic nitrogens is 2. The number of benzene rings is 1. The first-order valence-electron chi connectivity index (χ1n) is 6.78. The number of aliphatic hydroxyl groups is 1. The third kappa shape index (κ3) is 4.27. The minimum Gasteiger partial charge on any atom is -0.419 e. The van der Waals surface area contributed by atoms with E-state index in [4.69, 9.17) is 16.0 Å². The van der Waals surface area contributed by atoms with Crippen molar-refractivity contribution in [1.29, 1.82) is 0 Å². The summed E-state index contributed by atoms with van der Waals surface area (Å²) in [7, 11) is 1.91. The van der Waals surface area contributed by atoms with Crippen molar-refractivity contribution >= 4 is 11.6 Å². The zero-order valence-corrected chi connectivity index (χ0v) is 13.4. The quantitative estimate of drug-likeness (QED) is 0.919. The van der Waals surface area contributed by atoms with Gasteiger partial charge in [0.15, 0.2) is 0 Å². The average molecular weight is 310 g/mol. The van der Waals surface area contributed by atoms with E-state index in [9.17, 15) is 5.11 Å². The molecule has 6 heteroatoms. The molecule has 1 aromatic heterocycles. The highest BCUT2D eigenvalue weighted by molar-refractivity contribution is 6.30. The highest BCUT2D eigenvalue weighted by Crippen LogP contribution is 2.25. The van der Waals surface area contributed by atoms with E-state index in [1.54, 1.807) is 26.0 Å². The van der Waals surface area contributed by atoms with E-state index in [1.807, 2.05) is 31.0 Å². The molecular formula is C15H20ClN3O2. The molecule has 1 atom stereocenters. The van der Waals surface area contributed by atoms with Gasteiger partial charge in [-0.15, -0.1) is 10.2 Å². The lowest BCUT2D eigenvalue weighted by Gasteiger charge is -2.28. The van der Waals surface area contributed by atoms with E-state index in [1.165, 1.54) is 0 Å². The van der Waals surface area contributed by atoms with E-state index in [-0.39, 0.29) is 6.04 Å². The summed E-state index contributed by atoms with van der Waals surface area (Å²) in [6.07, 6.45) is 0. The number of nitrogens with zero attached hydrogens (tertiary/aromatic N) is 3. The molecule has 0 aliphatic rings. The second-order valence-electron chi connectivity index (χ2n) is 5.86. The Bertz CT molecular complexity index is 607. The zero-order valence-electron chi connectivity index (χ0n) is 12.7. The van der Waals surface area contributed by atoms with Crippen LogP contribution in [0.4, 0.5) is 0 Å². The number of hydrogen-bond donors (Lipinski definition) is 1. The van der Waals surface area contributed by atoms with E-state index in [2.05, 4.69) is 10.2 Å². The third-order valence-electron chi connectivity index (χ3n) is 3.17. The molecule has 0 spiro atoms. The normalized spacial score (nSPS) is 13.7. The van der Waals surface area contributed by atoms with Gasteiger partial charge in [0.2, 0.25) is 11.8 Å². The lowest BCUT2D eigenvalue weighted by molar-refractivity contribution is 0.0298. The summed E-state index contributed by atoms with van der Waals surface area (Å²) >= 11 is 5.96. The molecule has 2 rings (SSSR count). The summed E-state index contributed by atoms with van der Waals surface area (Å²) in [5.41, 5.74) is 0.0114. The SMILES string of the molecule is CC(c1nnc(-c2cccc(Cl)c2)o1)N(C)CC(C)(C)O. The maximum absolute atomic E-state index is 9.87. The van der Waals surface area contributed by atoms with Gasteiger partial charge < -0.3 is 9.52 Å². The van der Waals surface area contributed by atoms with Gasteiger partial charge in [0, 0.05) is 17.1 Å². The molecule has 0 radical (unpaired) electrons. The summed E-state index contributed by atoms with van der Waals surface area (Å²) in [5, 5.41) is 18.7. The van der Waals surface area contributed by atoms with Gasteiger partial charge in [-0.1, -0.05) is 17.7 Å². The first kappa shape index (κ1) is 15.9. The molecule has 114 valence electrons. The Labute approximate surface area is 129 Å². The van der Waals surface area contributed by atoms with Crippen LogP contribution in [0.2, 0.25) is 5.02 Å². The van der Waals surface area contributed by atoms with Crippen molar-refractivity contribution in [3.63, 3.8) is 0 Å². The van der Waals surface area contributed by atoms with Gasteiger partial charge in [-0.05, 0) is 46.0 Å². The van der Waals surface area contributed by atoms with Crippen molar-refractivity contribution in [2.24, 2.45) is 0 Å². The van der Waals surface area contributed by atoms with Crippen molar-refractivity contribution < 1.29 is 9.52 Å². The van der Waals surface area contributed by atoms with Crippen LogP contribution in [0, 0.1) is 0 Å². The van der Waals surface area contributed by atoms with Crippen LogP contribution >= 0.6 is 11.6 Å². The standard InChI is InChI=1S/C15H20ClN3O2/c1-10(19(4)9-15(2,3)20)13-17-18-14(21-13)11-6-5-7-12(16)8-11/h5-8,10,20H,9H2,1-4H3. The number of halogens is 1. The zero-order chi connectivity index (χ0) is 15.6. The largest absolute Gasteiger partial charge is 0.419 e. The molecule has 0 fully saturated rings. The van der Waals surface area contributed by atoms with Crippen LogP contribution in [0.15, 0.2) is 28.7 Å². The molecule has 1 N–H and O–H groups in total. The fourth-order valence-electron chi connectivity index (χ4n) is 2.08. The van der Waals surface area contributed by atoms with Crippen LogP contribution in [-0.4, -0.2) is 39.4 Å². The van der Waals surface area contributed by atoms with Gasteiger partial charge in [-0.2, -0.15) is 0 Å². The highest BCUT2D eigenvalue weighted by atomic mass is 35.5. The Hall–Kier alpha value is -1.43. The van der Waals surface area contributed by atoms with E-state index in [0.717, 1.165) is 5.56 Å². The van der Waals surface area contributed by atoms with Crippen LogP contribution in [0.3, 0.4) is 0 Å². The number of rotatable bonds is 5. The lowest BCUT2D eigenvalue weighted by atomic mass is 10.1. The molecule has 0 aliphatic carbocycles. The Morgan fingerprint density at radius 2 is 2.10 bits per heavy atom.